The Balaban J connectivity index is 2.24. The summed E-state index contributed by atoms with van der Waals surface area (Å²) in [6, 6.07) is 16.6. The molecule has 0 radical (unpaired) electrons. The molecular formula is C16H17NO3. The maximum absolute atomic E-state index is 11.3. The van der Waals surface area contributed by atoms with Crippen molar-refractivity contribution in [3.63, 3.8) is 0 Å². The predicted molar refractivity (Wildman–Crippen MR) is 76.4 cm³/mol. The second-order valence-electron chi connectivity index (χ2n) is 4.39. The Morgan fingerprint density at radius 1 is 1.10 bits per heavy atom. The molecule has 0 saturated carbocycles. The number of methoxy groups -OCH3 is 1. The summed E-state index contributed by atoms with van der Waals surface area (Å²) in [6.07, 6.45) is 0. The first-order valence-electron chi connectivity index (χ1n) is 6.35. The number of phenolic OH excluding ortho intramolecular Hbond substituents is 1. The van der Waals surface area contributed by atoms with Gasteiger partial charge >= 0.3 is 5.97 Å². The maximum Gasteiger partial charge on any atom is 0.319 e. The number of phenols is 1. The third kappa shape index (κ3) is 3.59. The van der Waals surface area contributed by atoms with Crippen LogP contribution in [0.25, 0.3) is 0 Å². The second-order valence-corrected chi connectivity index (χ2v) is 4.39. The number of benzene rings is 2. The van der Waals surface area contributed by atoms with E-state index in [1.807, 2.05) is 42.5 Å². The van der Waals surface area contributed by atoms with E-state index in [-0.39, 0.29) is 24.3 Å². The zero-order chi connectivity index (χ0) is 14.4. The highest BCUT2D eigenvalue weighted by Gasteiger charge is 2.15. The van der Waals surface area contributed by atoms with Crippen molar-refractivity contribution in [2.24, 2.45) is 0 Å². The van der Waals surface area contributed by atoms with Gasteiger partial charge in [0.25, 0.3) is 0 Å². The molecule has 0 bridgehead atoms. The third-order valence-corrected chi connectivity index (χ3v) is 3.04. The largest absolute Gasteiger partial charge is 0.508 e. The molecule has 2 rings (SSSR count). The van der Waals surface area contributed by atoms with Crippen LogP contribution in [0.2, 0.25) is 0 Å². The highest BCUT2D eigenvalue weighted by molar-refractivity contribution is 5.71. The number of hydrogen-bond donors (Lipinski definition) is 2. The lowest BCUT2D eigenvalue weighted by Gasteiger charge is -2.19. The number of carbonyl (C=O) groups is 1. The number of carbonyl (C=O) groups excluding carboxylic acids is 1. The van der Waals surface area contributed by atoms with Crippen LogP contribution in [0.1, 0.15) is 17.2 Å². The average molecular weight is 271 g/mol. The van der Waals surface area contributed by atoms with Crippen molar-refractivity contribution in [2.45, 2.75) is 6.04 Å². The zero-order valence-corrected chi connectivity index (χ0v) is 11.2. The van der Waals surface area contributed by atoms with Crippen molar-refractivity contribution in [2.75, 3.05) is 13.7 Å². The summed E-state index contributed by atoms with van der Waals surface area (Å²) >= 11 is 0. The molecule has 4 nitrogen and oxygen atoms in total. The van der Waals surface area contributed by atoms with Crippen molar-refractivity contribution in [1.29, 1.82) is 0 Å². The summed E-state index contributed by atoms with van der Waals surface area (Å²) in [7, 11) is 1.36. The topological polar surface area (TPSA) is 58.6 Å². The Labute approximate surface area is 118 Å². The van der Waals surface area contributed by atoms with Crippen LogP contribution in [0.4, 0.5) is 0 Å². The monoisotopic (exact) mass is 271 g/mol. The van der Waals surface area contributed by atoms with E-state index in [0.717, 1.165) is 11.1 Å². The Kier molecular flexibility index (Phi) is 4.74. The summed E-state index contributed by atoms with van der Waals surface area (Å²) < 4.78 is 4.65. The van der Waals surface area contributed by atoms with Crippen LogP contribution in [-0.2, 0) is 9.53 Å². The summed E-state index contributed by atoms with van der Waals surface area (Å²) in [4.78, 5) is 11.3. The van der Waals surface area contributed by atoms with E-state index < -0.39 is 0 Å². The van der Waals surface area contributed by atoms with Gasteiger partial charge in [-0.1, -0.05) is 42.5 Å². The number of rotatable bonds is 5. The van der Waals surface area contributed by atoms with Gasteiger partial charge in [-0.2, -0.15) is 0 Å². The first kappa shape index (κ1) is 14.1. The first-order valence-corrected chi connectivity index (χ1v) is 6.35. The predicted octanol–water partition coefficient (Wildman–Crippen LogP) is 2.24. The summed E-state index contributed by atoms with van der Waals surface area (Å²) in [6.45, 7) is 0.122. The molecule has 0 fully saturated rings. The molecule has 2 aromatic rings. The van der Waals surface area contributed by atoms with Gasteiger partial charge in [0.05, 0.1) is 19.7 Å². The van der Waals surface area contributed by atoms with Crippen LogP contribution < -0.4 is 5.32 Å². The third-order valence-electron chi connectivity index (χ3n) is 3.04. The molecule has 104 valence electrons. The Morgan fingerprint density at radius 2 is 1.70 bits per heavy atom. The van der Waals surface area contributed by atoms with Crippen molar-refractivity contribution < 1.29 is 14.6 Å². The minimum atomic E-state index is -0.315. The van der Waals surface area contributed by atoms with Crippen molar-refractivity contribution in [3.8, 4) is 5.75 Å². The number of nitrogens with one attached hydrogen (secondary N) is 1. The Bertz CT molecular complexity index is 552. The van der Waals surface area contributed by atoms with Gasteiger partial charge in [-0.25, -0.2) is 0 Å². The smallest absolute Gasteiger partial charge is 0.319 e. The standard InChI is InChI=1S/C16H17NO3/c1-20-15(19)11-17-16(12-5-3-2-4-6-12)13-7-9-14(18)10-8-13/h2-10,16-18H,11H2,1H3. The van der Waals surface area contributed by atoms with E-state index in [0.29, 0.717) is 0 Å². The van der Waals surface area contributed by atoms with E-state index in [1.54, 1.807) is 12.1 Å². The molecular weight excluding hydrogens is 254 g/mol. The fourth-order valence-corrected chi connectivity index (χ4v) is 2.00. The molecule has 0 aliphatic carbocycles. The number of ether oxygens (including phenoxy) is 1. The first-order chi connectivity index (χ1) is 9.70. The average Bonchev–Trinajstić information content (AvgIpc) is 2.50. The quantitative estimate of drug-likeness (QED) is 0.819. The molecule has 2 N–H and O–H groups in total. The van der Waals surface area contributed by atoms with Crippen molar-refractivity contribution >= 4 is 5.97 Å². The molecule has 20 heavy (non-hydrogen) atoms. The molecule has 0 aromatic heterocycles. The lowest BCUT2D eigenvalue weighted by Crippen LogP contribution is -2.29. The molecule has 1 atom stereocenters. The summed E-state index contributed by atoms with van der Waals surface area (Å²) in [5.41, 5.74) is 2.01. The highest BCUT2D eigenvalue weighted by Crippen LogP contribution is 2.23. The lowest BCUT2D eigenvalue weighted by molar-refractivity contribution is -0.139. The van der Waals surface area contributed by atoms with E-state index in [4.69, 9.17) is 0 Å². The molecule has 0 aliphatic rings. The van der Waals surface area contributed by atoms with Gasteiger partial charge in [0.15, 0.2) is 0 Å². The Morgan fingerprint density at radius 3 is 2.30 bits per heavy atom. The van der Waals surface area contributed by atoms with Gasteiger partial charge in [0.2, 0.25) is 0 Å². The second kappa shape index (κ2) is 6.73. The highest BCUT2D eigenvalue weighted by atomic mass is 16.5. The van der Waals surface area contributed by atoms with Gasteiger partial charge in [-0.05, 0) is 23.3 Å². The van der Waals surface area contributed by atoms with Crippen LogP contribution in [0.3, 0.4) is 0 Å². The summed E-state index contributed by atoms with van der Waals surface area (Å²) in [5.74, 6) is -0.0989. The molecule has 0 spiro atoms. The van der Waals surface area contributed by atoms with Gasteiger partial charge in [0.1, 0.15) is 5.75 Å². The molecule has 0 heterocycles. The molecule has 0 saturated heterocycles. The van der Waals surface area contributed by atoms with E-state index in [9.17, 15) is 9.90 Å². The van der Waals surface area contributed by atoms with Crippen molar-refractivity contribution in [3.05, 3.63) is 65.7 Å². The van der Waals surface area contributed by atoms with Crippen LogP contribution in [-0.4, -0.2) is 24.7 Å². The van der Waals surface area contributed by atoms with Gasteiger partial charge in [0, 0.05) is 0 Å². The van der Waals surface area contributed by atoms with Gasteiger partial charge < -0.3 is 9.84 Å². The Hall–Kier alpha value is -2.33. The van der Waals surface area contributed by atoms with E-state index >= 15 is 0 Å². The number of esters is 1. The zero-order valence-electron chi connectivity index (χ0n) is 11.2. The molecule has 4 heteroatoms. The van der Waals surface area contributed by atoms with Crippen LogP contribution in [0, 0.1) is 0 Å². The fourth-order valence-electron chi connectivity index (χ4n) is 2.00. The summed E-state index contributed by atoms with van der Waals surface area (Å²) in [5, 5.41) is 12.5. The van der Waals surface area contributed by atoms with E-state index in [1.165, 1.54) is 7.11 Å². The normalized spacial score (nSPS) is 11.8. The fraction of sp³-hybridized carbons (Fsp3) is 0.188. The van der Waals surface area contributed by atoms with E-state index in [2.05, 4.69) is 10.1 Å². The molecule has 0 aliphatic heterocycles. The van der Waals surface area contributed by atoms with Crippen LogP contribution in [0.15, 0.2) is 54.6 Å². The van der Waals surface area contributed by atoms with Crippen LogP contribution in [0.5, 0.6) is 5.75 Å². The number of hydrogen-bond acceptors (Lipinski definition) is 4. The van der Waals surface area contributed by atoms with Crippen molar-refractivity contribution in [1.82, 2.24) is 5.32 Å². The number of aromatic hydroxyl groups is 1. The van der Waals surface area contributed by atoms with Gasteiger partial charge in [-0.3, -0.25) is 10.1 Å². The maximum atomic E-state index is 11.3. The molecule has 0 amide bonds. The lowest BCUT2D eigenvalue weighted by atomic mass is 9.98. The SMILES string of the molecule is COC(=O)CNC(c1ccccc1)c1ccc(O)cc1. The minimum absolute atomic E-state index is 0.122. The van der Waals surface area contributed by atoms with Crippen LogP contribution >= 0.6 is 0 Å². The minimum Gasteiger partial charge on any atom is -0.508 e. The molecule has 1 unspecified atom stereocenters. The van der Waals surface area contributed by atoms with Gasteiger partial charge in [-0.15, -0.1) is 0 Å². The molecule has 2 aromatic carbocycles.